The highest BCUT2D eigenvalue weighted by Crippen LogP contribution is 2.05. The normalized spacial score (nSPS) is 10.3. The van der Waals surface area contributed by atoms with Gasteiger partial charge in [0.05, 0.1) is 13.2 Å². The predicted octanol–water partition coefficient (Wildman–Crippen LogP) is 0.234. The van der Waals surface area contributed by atoms with Crippen LogP contribution in [-0.4, -0.2) is 30.3 Å². The number of hydrazine groups is 1. The zero-order valence-corrected chi connectivity index (χ0v) is 8.99. The van der Waals surface area contributed by atoms with Crippen LogP contribution in [0, 0.1) is 6.92 Å². The molecule has 84 valence electrons. The second-order valence-electron chi connectivity index (χ2n) is 3.00. The number of hydrogen-bond acceptors (Lipinski definition) is 6. The van der Waals surface area contributed by atoms with Crippen molar-refractivity contribution in [1.29, 1.82) is 0 Å². The third-order valence-corrected chi connectivity index (χ3v) is 1.71. The van der Waals surface area contributed by atoms with Crippen LogP contribution in [0.4, 0.5) is 5.82 Å². The lowest BCUT2D eigenvalue weighted by molar-refractivity contribution is 0.0586. The van der Waals surface area contributed by atoms with Crippen molar-refractivity contribution in [2.24, 2.45) is 5.84 Å². The van der Waals surface area contributed by atoms with Crippen LogP contribution in [0.1, 0.15) is 11.5 Å². The Morgan fingerprint density at radius 2 is 2.20 bits per heavy atom. The first-order valence-corrected chi connectivity index (χ1v) is 4.64. The van der Waals surface area contributed by atoms with E-state index in [2.05, 4.69) is 15.4 Å². The number of rotatable bonds is 6. The van der Waals surface area contributed by atoms with Crippen molar-refractivity contribution in [3.8, 4) is 0 Å². The molecule has 0 saturated carbocycles. The van der Waals surface area contributed by atoms with E-state index in [1.807, 2.05) is 6.92 Å². The van der Waals surface area contributed by atoms with E-state index < -0.39 is 0 Å². The summed E-state index contributed by atoms with van der Waals surface area (Å²) >= 11 is 0. The molecule has 0 aliphatic heterocycles. The molecule has 0 atom stereocenters. The minimum absolute atomic E-state index is 0.361. The Hall–Kier alpha value is -1.24. The van der Waals surface area contributed by atoms with Gasteiger partial charge >= 0.3 is 0 Å². The van der Waals surface area contributed by atoms with Gasteiger partial charge in [0.1, 0.15) is 12.4 Å². The van der Waals surface area contributed by atoms with Crippen LogP contribution in [0.5, 0.6) is 0 Å². The van der Waals surface area contributed by atoms with Crippen LogP contribution >= 0.6 is 0 Å². The van der Waals surface area contributed by atoms with Gasteiger partial charge in [0.2, 0.25) is 0 Å². The fraction of sp³-hybridized carbons (Fsp3) is 0.556. The van der Waals surface area contributed by atoms with E-state index in [0.29, 0.717) is 31.5 Å². The van der Waals surface area contributed by atoms with Crippen molar-refractivity contribution < 1.29 is 9.47 Å². The average Bonchev–Trinajstić information content (AvgIpc) is 2.23. The average molecular weight is 212 g/mol. The Balaban J connectivity index is 2.49. The summed E-state index contributed by atoms with van der Waals surface area (Å²) in [6, 6.07) is 1.76. The lowest BCUT2D eigenvalue weighted by Crippen LogP contribution is -2.12. The lowest BCUT2D eigenvalue weighted by atomic mass is 10.4. The largest absolute Gasteiger partial charge is 0.382 e. The maximum absolute atomic E-state index is 5.30. The summed E-state index contributed by atoms with van der Waals surface area (Å²) in [5.41, 5.74) is 3.33. The van der Waals surface area contributed by atoms with Crippen LogP contribution in [-0.2, 0) is 16.1 Å². The van der Waals surface area contributed by atoms with Crippen LogP contribution < -0.4 is 11.3 Å². The van der Waals surface area contributed by atoms with Gasteiger partial charge in [0, 0.05) is 18.9 Å². The molecule has 1 heterocycles. The molecular weight excluding hydrogens is 196 g/mol. The maximum atomic E-state index is 5.30. The summed E-state index contributed by atoms with van der Waals surface area (Å²) < 4.78 is 10.1. The molecule has 0 spiro atoms. The van der Waals surface area contributed by atoms with Crippen LogP contribution in [0.3, 0.4) is 0 Å². The maximum Gasteiger partial charge on any atom is 0.156 e. The Morgan fingerprint density at radius 1 is 1.40 bits per heavy atom. The van der Waals surface area contributed by atoms with Gasteiger partial charge in [0.15, 0.2) is 5.82 Å². The molecule has 0 aliphatic carbocycles. The third-order valence-electron chi connectivity index (χ3n) is 1.71. The SMILES string of the molecule is COCCOCc1nc(C)cc(NN)n1. The minimum atomic E-state index is 0.361. The Labute approximate surface area is 88.8 Å². The fourth-order valence-electron chi connectivity index (χ4n) is 1.07. The molecule has 1 aromatic rings. The lowest BCUT2D eigenvalue weighted by Gasteiger charge is -2.05. The number of aromatic nitrogens is 2. The van der Waals surface area contributed by atoms with Gasteiger partial charge in [-0.15, -0.1) is 0 Å². The van der Waals surface area contributed by atoms with Gasteiger partial charge in [-0.3, -0.25) is 0 Å². The summed E-state index contributed by atoms with van der Waals surface area (Å²) in [5, 5.41) is 0. The molecule has 0 bridgehead atoms. The number of methoxy groups -OCH3 is 1. The monoisotopic (exact) mass is 212 g/mol. The van der Waals surface area contributed by atoms with Crippen molar-refractivity contribution in [2.75, 3.05) is 25.7 Å². The van der Waals surface area contributed by atoms with Gasteiger partial charge in [-0.05, 0) is 6.92 Å². The molecule has 1 aromatic heterocycles. The number of nitrogens with two attached hydrogens (primary N) is 1. The quantitative estimate of drug-likeness (QED) is 0.399. The predicted molar refractivity (Wildman–Crippen MR) is 56.1 cm³/mol. The smallest absolute Gasteiger partial charge is 0.156 e. The molecular formula is C9H16N4O2. The molecule has 6 heteroatoms. The molecule has 6 nitrogen and oxygen atoms in total. The van der Waals surface area contributed by atoms with Gasteiger partial charge < -0.3 is 14.9 Å². The molecule has 0 saturated heterocycles. The molecule has 0 radical (unpaired) electrons. The Morgan fingerprint density at radius 3 is 2.87 bits per heavy atom. The van der Waals surface area contributed by atoms with Crippen LogP contribution in [0.2, 0.25) is 0 Å². The van der Waals surface area contributed by atoms with E-state index >= 15 is 0 Å². The van der Waals surface area contributed by atoms with Crippen molar-refractivity contribution >= 4 is 5.82 Å². The molecule has 0 fully saturated rings. The zero-order chi connectivity index (χ0) is 11.1. The first kappa shape index (κ1) is 11.8. The molecule has 15 heavy (non-hydrogen) atoms. The zero-order valence-electron chi connectivity index (χ0n) is 8.99. The number of aryl methyl sites for hydroxylation is 1. The van der Waals surface area contributed by atoms with Gasteiger partial charge in [-0.2, -0.15) is 0 Å². The van der Waals surface area contributed by atoms with Crippen molar-refractivity contribution in [2.45, 2.75) is 13.5 Å². The van der Waals surface area contributed by atoms with Gasteiger partial charge in [-0.25, -0.2) is 15.8 Å². The van der Waals surface area contributed by atoms with Gasteiger partial charge in [-0.1, -0.05) is 0 Å². The Bertz CT molecular complexity index is 306. The van der Waals surface area contributed by atoms with Crippen LogP contribution in [0.25, 0.3) is 0 Å². The third kappa shape index (κ3) is 4.20. The second kappa shape index (κ2) is 6.28. The second-order valence-corrected chi connectivity index (χ2v) is 3.00. The highest BCUT2D eigenvalue weighted by atomic mass is 16.5. The van der Waals surface area contributed by atoms with E-state index in [1.165, 1.54) is 0 Å². The van der Waals surface area contributed by atoms with Gasteiger partial charge in [0.25, 0.3) is 0 Å². The first-order valence-electron chi connectivity index (χ1n) is 4.64. The summed E-state index contributed by atoms with van der Waals surface area (Å²) in [4.78, 5) is 8.34. The number of anilines is 1. The van der Waals surface area contributed by atoms with Crippen molar-refractivity contribution in [3.63, 3.8) is 0 Å². The highest BCUT2D eigenvalue weighted by molar-refractivity contribution is 5.33. The molecule has 0 aliphatic rings. The standard InChI is InChI=1S/C9H16N4O2/c1-7-5-8(13-10)12-9(11-7)6-15-4-3-14-2/h5H,3-4,6,10H2,1-2H3,(H,11,12,13). The van der Waals surface area contributed by atoms with E-state index in [-0.39, 0.29) is 0 Å². The van der Waals surface area contributed by atoms with Crippen LogP contribution in [0.15, 0.2) is 6.07 Å². The summed E-state index contributed by atoms with van der Waals surface area (Å²) in [5.74, 6) is 6.46. The summed E-state index contributed by atoms with van der Waals surface area (Å²) in [6.45, 7) is 3.33. The van der Waals surface area contributed by atoms with E-state index in [1.54, 1.807) is 13.2 Å². The number of nitrogen functional groups attached to an aromatic ring is 1. The fourth-order valence-corrected chi connectivity index (χ4v) is 1.07. The number of nitrogens with zero attached hydrogens (tertiary/aromatic N) is 2. The molecule has 0 unspecified atom stereocenters. The molecule has 1 rings (SSSR count). The molecule has 0 aromatic carbocycles. The number of hydrogen-bond donors (Lipinski definition) is 2. The highest BCUT2D eigenvalue weighted by Gasteiger charge is 2.01. The topological polar surface area (TPSA) is 82.3 Å². The first-order chi connectivity index (χ1) is 7.26. The number of nitrogens with one attached hydrogen (secondary N) is 1. The molecule has 0 amide bonds. The van der Waals surface area contributed by atoms with E-state index in [9.17, 15) is 0 Å². The van der Waals surface area contributed by atoms with Crippen molar-refractivity contribution in [3.05, 3.63) is 17.6 Å². The minimum Gasteiger partial charge on any atom is -0.382 e. The molecule has 3 N–H and O–H groups in total. The van der Waals surface area contributed by atoms with E-state index in [0.717, 1.165) is 5.69 Å². The summed E-state index contributed by atoms with van der Waals surface area (Å²) in [7, 11) is 1.63. The Kier molecular flexibility index (Phi) is 4.96. The number of ether oxygens (including phenoxy) is 2. The van der Waals surface area contributed by atoms with Crippen molar-refractivity contribution in [1.82, 2.24) is 9.97 Å². The van der Waals surface area contributed by atoms with E-state index in [4.69, 9.17) is 15.3 Å². The summed E-state index contributed by atoms with van der Waals surface area (Å²) in [6.07, 6.45) is 0.